The third-order valence-corrected chi connectivity index (χ3v) is 3.89. The van der Waals surface area contributed by atoms with Crippen molar-refractivity contribution in [2.24, 2.45) is 10.2 Å². The van der Waals surface area contributed by atoms with Gasteiger partial charge in [0.2, 0.25) is 0 Å². The van der Waals surface area contributed by atoms with Crippen LogP contribution in [-0.4, -0.2) is 22.8 Å². The van der Waals surface area contributed by atoms with Gasteiger partial charge in [-0.05, 0) is 47.9 Å². The minimum absolute atomic E-state index is 0.0417. The average Bonchev–Trinajstić information content (AvgIpc) is 2.60. The largest absolute Gasteiger partial charge is 0.506 e. The number of hydrogen-bond donors (Lipinski definition) is 2. The first-order valence-electron chi connectivity index (χ1n) is 7.30. The van der Waals surface area contributed by atoms with E-state index in [0.717, 1.165) is 15.2 Å². The number of hydrogen-bond acceptors (Lipinski definition) is 5. The molecule has 0 bridgehead atoms. The van der Waals surface area contributed by atoms with Crippen LogP contribution in [0.15, 0.2) is 69.3 Å². The zero-order valence-electron chi connectivity index (χ0n) is 12.9. The molecule has 0 amide bonds. The van der Waals surface area contributed by atoms with E-state index in [9.17, 15) is 9.90 Å². The normalized spacial score (nSPS) is 11.1. The number of carboxylic acids is 1. The minimum atomic E-state index is -1.04. The maximum absolute atomic E-state index is 10.5. The summed E-state index contributed by atoms with van der Waals surface area (Å²) >= 11 is 3.41. The summed E-state index contributed by atoms with van der Waals surface area (Å²) in [6.45, 7) is -0.402. The van der Waals surface area contributed by atoms with Gasteiger partial charge in [0.1, 0.15) is 17.2 Å². The molecule has 0 heterocycles. The summed E-state index contributed by atoms with van der Waals surface area (Å²) in [6.07, 6.45) is 0. The molecule has 2 N–H and O–H groups in total. The SMILES string of the molecule is O=C(O)COc1ccc(/N=N/c2c(O)ccc3cc(Br)ccc23)cc1. The molecule has 3 aromatic rings. The monoisotopic (exact) mass is 400 g/mol. The van der Waals surface area contributed by atoms with Crippen LogP contribution in [0.5, 0.6) is 11.5 Å². The summed E-state index contributed by atoms with van der Waals surface area (Å²) < 4.78 is 5.99. The maximum atomic E-state index is 10.5. The number of phenols is 1. The highest BCUT2D eigenvalue weighted by Gasteiger charge is 2.07. The third-order valence-electron chi connectivity index (χ3n) is 3.40. The number of nitrogens with zero attached hydrogens (tertiary/aromatic N) is 2. The molecule has 3 rings (SSSR count). The van der Waals surface area contributed by atoms with Crippen molar-refractivity contribution in [1.82, 2.24) is 0 Å². The molecule has 0 radical (unpaired) electrons. The van der Waals surface area contributed by atoms with Gasteiger partial charge in [-0.25, -0.2) is 4.79 Å². The van der Waals surface area contributed by atoms with E-state index in [2.05, 4.69) is 26.2 Å². The molecule has 0 saturated carbocycles. The third kappa shape index (κ3) is 4.13. The van der Waals surface area contributed by atoms with Crippen molar-refractivity contribution in [3.05, 3.63) is 59.1 Å². The van der Waals surface area contributed by atoms with E-state index < -0.39 is 12.6 Å². The summed E-state index contributed by atoms with van der Waals surface area (Å²) in [5.41, 5.74) is 0.937. The number of azo groups is 1. The van der Waals surface area contributed by atoms with Crippen LogP contribution in [0.3, 0.4) is 0 Å². The average molecular weight is 401 g/mol. The van der Waals surface area contributed by atoms with Gasteiger partial charge in [0.05, 0.1) is 5.69 Å². The smallest absolute Gasteiger partial charge is 0.341 e. The molecule has 0 aliphatic rings. The van der Waals surface area contributed by atoms with Crippen molar-refractivity contribution in [1.29, 1.82) is 0 Å². The van der Waals surface area contributed by atoms with Gasteiger partial charge in [-0.1, -0.05) is 28.1 Å². The van der Waals surface area contributed by atoms with E-state index in [1.54, 1.807) is 30.3 Å². The van der Waals surface area contributed by atoms with Gasteiger partial charge in [0.15, 0.2) is 6.61 Å². The fraction of sp³-hybridized carbons (Fsp3) is 0.0556. The quantitative estimate of drug-likeness (QED) is 0.576. The lowest BCUT2D eigenvalue weighted by atomic mass is 10.1. The van der Waals surface area contributed by atoms with Crippen LogP contribution in [0.4, 0.5) is 11.4 Å². The Hall–Kier alpha value is -2.93. The molecular formula is C18H13BrN2O4. The number of carbonyl (C=O) groups is 1. The molecule has 3 aromatic carbocycles. The number of halogens is 1. The number of fused-ring (bicyclic) bond motifs is 1. The Morgan fingerprint density at radius 2 is 1.80 bits per heavy atom. The fourth-order valence-electron chi connectivity index (χ4n) is 2.24. The highest BCUT2D eigenvalue weighted by molar-refractivity contribution is 9.10. The summed E-state index contributed by atoms with van der Waals surface area (Å²) in [7, 11) is 0. The Bertz CT molecular complexity index is 955. The number of aliphatic carboxylic acids is 1. The number of phenolic OH excluding ortho intramolecular Hbond substituents is 1. The van der Waals surface area contributed by atoms with Crippen molar-refractivity contribution >= 4 is 44.0 Å². The van der Waals surface area contributed by atoms with E-state index in [4.69, 9.17) is 9.84 Å². The molecule has 0 unspecified atom stereocenters. The van der Waals surface area contributed by atoms with E-state index in [1.807, 2.05) is 24.3 Å². The molecule has 0 saturated heterocycles. The second-order valence-corrected chi connectivity index (χ2v) is 6.09. The highest BCUT2D eigenvalue weighted by Crippen LogP contribution is 2.37. The first kappa shape index (κ1) is 16.9. The van der Waals surface area contributed by atoms with Gasteiger partial charge >= 0.3 is 5.97 Å². The van der Waals surface area contributed by atoms with Crippen molar-refractivity contribution in [2.45, 2.75) is 0 Å². The van der Waals surface area contributed by atoms with Crippen LogP contribution in [0.25, 0.3) is 10.8 Å². The zero-order chi connectivity index (χ0) is 17.8. The lowest BCUT2D eigenvalue weighted by Gasteiger charge is -2.05. The second kappa shape index (κ2) is 7.31. The van der Waals surface area contributed by atoms with Gasteiger partial charge in [-0.15, -0.1) is 5.11 Å². The summed E-state index contributed by atoms with van der Waals surface area (Å²) in [5.74, 6) is -0.568. The lowest BCUT2D eigenvalue weighted by molar-refractivity contribution is -0.139. The van der Waals surface area contributed by atoms with Gasteiger partial charge in [0, 0.05) is 9.86 Å². The van der Waals surface area contributed by atoms with Crippen LogP contribution >= 0.6 is 15.9 Å². The predicted molar refractivity (Wildman–Crippen MR) is 97.1 cm³/mol. The van der Waals surface area contributed by atoms with Crippen molar-refractivity contribution in [3.8, 4) is 11.5 Å². The number of rotatable bonds is 5. The number of ether oxygens (including phenoxy) is 1. The molecular weight excluding hydrogens is 388 g/mol. The first-order valence-corrected chi connectivity index (χ1v) is 8.10. The molecule has 0 aliphatic carbocycles. The summed E-state index contributed by atoms with van der Waals surface area (Å²) in [6, 6.07) is 15.6. The molecule has 0 aliphatic heterocycles. The van der Waals surface area contributed by atoms with E-state index in [0.29, 0.717) is 17.1 Å². The number of benzene rings is 3. The zero-order valence-corrected chi connectivity index (χ0v) is 14.5. The molecule has 0 atom stereocenters. The Morgan fingerprint density at radius 3 is 2.52 bits per heavy atom. The van der Waals surface area contributed by atoms with E-state index >= 15 is 0 Å². The van der Waals surface area contributed by atoms with Crippen molar-refractivity contribution in [2.75, 3.05) is 6.61 Å². The Balaban J connectivity index is 1.85. The first-order chi connectivity index (χ1) is 12.0. The summed E-state index contributed by atoms with van der Waals surface area (Å²) in [4.78, 5) is 10.5. The fourth-order valence-corrected chi connectivity index (χ4v) is 2.62. The molecule has 6 nitrogen and oxygen atoms in total. The van der Waals surface area contributed by atoms with Crippen LogP contribution < -0.4 is 4.74 Å². The summed E-state index contributed by atoms with van der Waals surface area (Å²) in [5, 5.41) is 28.7. The topological polar surface area (TPSA) is 91.5 Å². The van der Waals surface area contributed by atoms with Crippen molar-refractivity contribution in [3.63, 3.8) is 0 Å². The second-order valence-electron chi connectivity index (χ2n) is 5.18. The van der Waals surface area contributed by atoms with Gasteiger partial charge in [0.25, 0.3) is 0 Å². The number of carboxylic acid groups (broad SMARTS) is 1. The highest BCUT2D eigenvalue weighted by atomic mass is 79.9. The van der Waals surface area contributed by atoms with Gasteiger partial charge in [-0.3, -0.25) is 0 Å². The Labute approximate surface area is 151 Å². The van der Waals surface area contributed by atoms with Crippen LogP contribution in [-0.2, 0) is 4.79 Å². The minimum Gasteiger partial charge on any atom is -0.506 e. The van der Waals surface area contributed by atoms with Gasteiger partial charge < -0.3 is 14.9 Å². The maximum Gasteiger partial charge on any atom is 0.341 e. The standard InChI is InChI=1S/C18H13BrN2O4/c19-12-2-7-15-11(9-12)1-8-16(22)18(15)21-20-13-3-5-14(6-4-13)25-10-17(23)24/h1-9,22H,10H2,(H,23,24)/b21-20+. The van der Waals surface area contributed by atoms with E-state index in [1.165, 1.54) is 0 Å². The number of aromatic hydroxyl groups is 1. The molecule has 0 aromatic heterocycles. The molecule has 0 fully saturated rings. The van der Waals surface area contributed by atoms with Crippen LogP contribution in [0.1, 0.15) is 0 Å². The van der Waals surface area contributed by atoms with Gasteiger partial charge in [-0.2, -0.15) is 5.11 Å². The molecule has 7 heteroatoms. The molecule has 126 valence electrons. The lowest BCUT2D eigenvalue weighted by Crippen LogP contribution is -2.09. The predicted octanol–water partition coefficient (Wildman–Crippen LogP) is 5.19. The van der Waals surface area contributed by atoms with Crippen LogP contribution in [0.2, 0.25) is 0 Å². The van der Waals surface area contributed by atoms with Crippen LogP contribution in [0, 0.1) is 0 Å². The Kier molecular flexibility index (Phi) is 4.95. The molecule has 0 spiro atoms. The van der Waals surface area contributed by atoms with E-state index in [-0.39, 0.29) is 5.75 Å². The molecule has 25 heavy (non-hydrogen) atoms. The van der Waals surface area contributed by atoms with Crippen molar-refractivity contribution < 1.29 is 19.7 Å². The Morgan fingerprint density at radius 1 is 1.04 bits per heavy atom.